The molecule has 14 heavy (non-hydrogen) atoms. The van der Waals surface area contributed by atoms with Crippen LogP contribution in [-0.4, -0.2) is 19.1 Å². The highest BCUT2D eigenvalue weighted by Gasteiger charge is 2.19. The van der Waals surface area contributed by atoms with Crippen LogP contribution in [0.3, 0.4) is 0 Å². The molecule has 0 saturated heterocycles. The number of rotatable bonds is 6. The summed E-state index contributed by atoms with van der Waals surface area (Å²) in [4.78, 5) is 2.84. The molecule has 0 aliphatic heterocycles. The summed E-state index contributed by atoms with van der Waals surface area (Å²) in [6, 6.07) is 5.23. The van der Waals surface area contributed by atoms with E-state index in [0.29, 0.717) is 0 Å². The predicted octanol–water partition coefficient (Wildman–Crippen LogP) is 1.90. The molecule has 0 spiro atoms. The van der Waals surface area contributed by atoms with E-state index in [1.165, 1.54) is 22.6 Å². The fourth-order valence-corrected chi connectivity index (χ4v) is 2.30. The van der Waals surface area contributed by atoms with Crippen molar-refractivity contribution in [3.8, 4) is 0 Å². The highest BCUT2D eigenvalue weighted by atomic mass is 32.1. The van der Waals surface area contributed by atoms with Gasteiger partial charge in [-0.3, -0.25) is 0 Å². The molecule has 1 heterocycles. The van der Waals surface area contributed by atoms with Gasteiger partial charge in [0, 0.05) is 35.4 Å². The maximum Gasteiger partial charge on any atom is 0.0300 e. The molecule has 2 nitrogen and oxygen atoms in total. The Bertz CT molecular complexity index is 279. The largest absolute Gasteiger partial charge is 0.313 e. The molecule has 3 heteroatoms. The molecule has 2 N–H and O–H groups in total. The summed E-state index contributed by atoms with van der Waals surface area (Å²) in [6.45, 7) is 5.36. The molecular formula is C11H18N2S. The van der Waals surface area contributed by atoms with E-state index in [4.69, 9.17) is 0 Å². The quantitative estimate of drug-likeness (QED) is 0.701. The molecule has 1 aliphatic carbocycles. The van der Waals surface area contributed by atoms with Crippen molar-refractivity contribution in [3.05, 3.63) is 21.9 Å². The monoisotopic (exact) mass is 210 g/mol. The molecule has 1 aliphatic rings. The second-order valence-corrected chi connectivity index (χ2v) is 5.29. The van der Waals surface area contributed by atoms with Crippen LogP contribution in [-0.2, 0) is 6.54 Å². The van der Waals surface area contributed by atoms with Gasteiger partial charge in [0.25, 0.3) is 0 Å². The summed E-state index contributed by atoms with van der Waals surface area (Å²) in [5.41, 5.74) is 0. The van der Waals surface area contributed by atoms with Gasteiger partial charge in [-0.05, 0) is 31.9 Å². The van der Waals surface area contributed by atoms with Crippen LogP contribution in [0, 0.1) is 6.92 Å². The smallest absolute Gasteiger partial charge is 0.0300 e. The van der Waals surface area contributed by atoms with Gasteiger partial charge in [-0.2, -0.15) is 0 Å². The number of thiophene rings is 1. The van der Waals surface area contributed by atoms with E-state index in [9.17, 15) is 0 Å². The van der Waals surface area contributed by atoms with Crippen LogP contribution in [0.15, 0.2) is 12.1 Å². The van der Waals surface area contributed by atoms with Crippen LogP contribution in [0.5, 0.6) is 0 Å². The topological polar surface area (TPSA) is 24.1 Å². The van der Waals surface area contributed by atoms with E-state index >= 15 is 0 Å². The summed E-state index contributed by atoms with van der Waals surface area (Å²) in [6.07, 6.45) is 2.76. The van der Waals surface area contributed by atoms with Gasteiger partial charge in [0.2, 0.25) is 0 Å². The molecule has 1 saturated carbocycles. The van der Waals surface area contributed by atoms with Gasteiger partial charge in [-0.15, -0.1) is 11.3 Å². The molecule has 0 bridgehead atoms. The minimum Gasteiger partial charge on any atom is -0.313 e. The van der Waals surface area contributed by atoms with Crippen molar-refractivity contribution in [2.24, 2.45) is 0 Å². The summed E-state index contributed by atoms with van der Waals surface area (Å²) < 4.78 is 0. The average molecular weight is 210 g/mol. The first-order valence-corrected chi connectivity index (χ1v) is 6.15. The van der Waals surface area contributed by atoms with Crippen LogP contribution < -0.4 is 10.6 Å². The Morgan fingerprint density at radius 3 is 2.86 bits per heavy atom. The maximum absolute atomic E-state index is 3.49. The Morgan fingerprint density at radius 2 is 2.21 bits per heavy atom. The van der Waals surface area contributed by atoms with Crippen LogP contribution in [0.4, 0.5) is 0 Å². The Kier molecular flexibility index (Phi) is 3.56. The molecule has 1 aromatic rings. The van der Waals surface area contributed by atoms with Gasteiger partial charge < -0.3 is 10.6 Å². The Labute approximate surface area is 89.7 Å². The standard InChI is InChI=1S/C11H18N2S/c1-9-2-5-11(14-9)8-12-6-7-13-10-3-4-10/h2,5,10,12-13H,3-4,6-8H2,1H3. The predicted molar refractivity (Wildman–Crippen MR) is 61.8 cm³/mol. The van der Waals surface area contributed by atoms with Crippen molar-refractivity contribution in [1.82, 2.24) is 10.6 Å². The summed E-state index contributed by atoms with van der Waals surface area (Å²) in [7, 11) is 0. The molecule has 0 radical (unpaired) electrons. The normalized spacial score (nSPS) is 16.1. The lowest BCUT2D eigenvalue weighted by Gasteiger charge is -2.03. The third-order valence-electron chi connectivity index (χ3n) is 2.41. The van der Waals surface area contributed by atoms with Gasteiger partial charge in [0.05, 0.1) is 0 Å². The molecule has 0 amide bonds. The van der Waals surface area contributed by atoms with Gasteiger partial charge in [0.1, 0.15) is 0 Å². The van der Waals surface area contributed by atoms with E-state index in [0.717, 1.165) is 25.7 Å². The molecule has 0 aromatic carbocycles. The zero-order chi connectivity index (χ0) is 9.80. The number of hydrogen-bond donors (Lipinski definition) is 2. The highest BCUT2D eigenvalue weighted by molar-refractivity contribution is 7.11. The third-order valence-corrected chi connectivity index (χ3v) is 3.41. The summed E-state index contributed by atoms with van der Waals surface area (Å²) in [5, 5.41) is 6.94. The lowest BCUT2D eigenvalue weighted by molar-refractivity contribution is 0.611. The molecule has 0 unspecified atom stereocenters. The Hall–Kier alpha value is -0.380. The van der Waals surface area contributed by atoms with Crippen molar-refractivity contribution in [1.29, 1.82) is 0 Å². The Morgan fingerprint density at radius 1 is 1.36 bits per heavy atom. The van der Waals surface area contributed by atoms with Crippen LogP contribution in [0.2, 0.25) is 0 Å². The number of nitrogens with one attached hydrogen (secondary N) is 2. The summed E-state index contributed by atoms with van der Waals surface area (Å²) >= 11 is 1.88. The molecule has 0 atom stereocenters. The lowest BCUT2D eigenvalue weighted by Crippen LogP contribution is -2.28. The Balaban J connectivity index is 1.53. The molecule has 78 valence electrons. The first kappa shape index (κ1) is 10.1. The number of aryl methyl sites for hydroxylation is 1. The first-order valence-electron chi connectivity index (χ1n) is 5.34. The average Bonchev–Trinajstić information content (AvgIpc) is 2.89. The zero-order valence-corrected chi connectivity index (χ0v) is 9.49. The fourth-order valence-electron chi connectivity index (χ4n) is 1.44. The van der Waals surface area contributed by atoms with Crippen molar-refractivity contribution in [2.75, 3.05) is 13.1 Å². The lowest BCUT2D eigenvalue weighted by atomic mass is 10.4. The first-order chi connectivity index (χ1) is 6.84. The van der Waals surface area contributed by atoms with E-state index in [1.807, 2.05) is 11.3 Å². The SMILES string of the molecule is Cc1ccc(CNCCNC2CC2)s1. The second-order valence-electron chi connectivity index (χ2n) is 3.92. The van der Waals surface area contributed by atoms with E-state index in [-0.39, 0.29) is 0 Å². The van der Waals surface area contributed by atoms with E-state index in [1.54, 1.807) is 0 Å². The van der Waals surface area contributed by atoms with Crippen LogP contribution >= 0.6 is 11.3 Å². The minimum atomic E-state index is 0.834. The van der Waals surface area contributed by atoms with Gasteiger partial charge in [-0.1, -0.05) is 0 Å². The zero-order valence-electron chi connectivity index (χ0n) is 8.68. The second kappa shape index (κ2) is 4.91. The molecule has 1 aromatic heterocycles. The summed E-state index contributed by atoms with van der Waals surface area (Å²) in [5.74, 6) is 0. The third kappa shape index (κ3) is 3.40. The maximum atomic E-state index is 3.49. The molecule has 2 rings (SSSR count). The van der Waals surface area contributed by atoms with Gasteiger partial charge in [0.15, 0.2) is 0 Å². The van der Waals surface area contributed by atoms with Crippen LogP contribution in [0.25, 0.3) is 0 Å². The number of hydrogen-bond acceptors (Lipinski definition) is 3. The molecular weight excluding hydrogens is 192 g/mol. The van der Waals surface area contributed by atoms with Crippen molar-refractivity contribution in [2.45, 2.75) is 32.4 Å². The highest BCUT2D eigenvalue weighted by Crippen LogP contribution is 2.18. The van der Waals surface area contributed by atoms with E-state index < -0.39 is 0 Å². The van der Waals surface area contributed by atoms with Crippen molar-refractivity contribution < 1.29 is 0 Å². The van der Waals surface area contributed by atoms with Gasteiger partial charge >= 0.3 is 0 Å². The van der Waals surface area contributed by atoms with Gasteiger partial charge in [-0.25, -0.2) is 0 Å². The van der Waals surface area contributed by atoms with Crippen molar-refractivity contribution in [3.63, 3.8) is 0 Å². The molecule has 1 fully saturated rings. The van der Waals surface area contributed by atoms with E-state index in [2.05, 4.69) is 29.7 Å². The minimum absolute atomic E-state index is 0.834. The fraction of sp³-hybridized carbons (Fsp3) is 0.636. The van der Waals surface area contributed by atoms with Crippen LogP contribution in [0.1, 0.15) is 22.6 Å². The van der Waals surface area contributed by atoms with Crippen molar-refractivity contribution >= 4 is 11.3 Å².